The Morgan fingerprint density at radius 3 is 2.82 bits per heavy atom. The molecule has 0 aliphatic carbocycles. The van der Waals surface area contributed by atoms with E-state index in [4.69, 9.17) is 16.9 Å². The van der Waals surface area contributed by atoms with Crippen LogP contribution in [0.15, 0.2) is 12.2 Å². The minimum absolute atomic E-state index is 0.232. The highest BCUT2D eigenvalue weighted by Gasteiger charge is 2.11. The lowest BCUT2D eigenvalue weighted by Crippen LogP contribution is -2.12. The van der Waals surface area contributed by atoms with E-state index in [0.717, 1.165) is 0 Å². The van der Waals surface area contributed by atoms with Gasteiger partial charge in [-0.15, -0.1) is 0 Å². The number of carbonyl (C=O) groups excluding carboxylic acids is 1. The van der Waals surface area contributed by atoms with Crippen molar-refractivity contribution in [2.45, 2.75) is 18.9 Å². The number of halogens is 1. The van der Waals surface area contributed by atoms with Crippen LogP contribution in [0.1, 0.15) is 13.3 Å². The Hall–Kier alpha value is -1.01. The third-order valence-corrected chi connectivity index (χ3v) is 1.33. The van der Waals surface area contributed by atoms with Gasteiger partial charge in [-0.3, -0.25) is 0 Å². The third kappa shape index (κ3) is 3.64. The van der Waals surface area contributed by atoms with E-state index in [1.165, 1.54) is 0 Å². The Bertz CT molecular complexity index is 207. The number of hydrogen-bond acceptors (Lipinski definition) is 3. The molecule has 60 valence electrons. The van der Waals surface area contributed by atoms with Crippen LogP contribution in [0.2, 0.25) is 0 Å². The molecule has 3 nitrogen and oxygen atoms in total. The highest BCUT2D eigenvalue weighted by atomic mass is 35.5. The lowest BCUT2D eigenvalue weighted by molar-refractivity contribution is -0.140. The summed E-state index contributed by atoms with van der Waals surface area (Å²) in [5, 5.41) is 8.20. The van der Waals surface area contributed by atoms with Crippen LogP contribution in [0.3, 0.4) is 0 Å². The van der Waals surface area contributed by atoms with Gasteiger partial charge in [0.25, 0.3) is 0 Å². The maximum absolute atomic E-state index is 10.7. The van der Waals surface area contributed by atoms with E-state index in [1.54, 1.807) is 13.0 Å². The predicted molar refractivity (Wildman–Crippen MR) is 40.8 cm³/mol. The summed E-state index contributed by atoms with van der Waals surface area (Å²) in [4.78, 5) is 10.7. The summed E-state index contributed by atoms with van der Waals surface area (Å²) in [6.45, 7) is 4.93. The number of esters is 1. The molecule has 0 aromatic carbocycles. The Morgan fingerprint density at radius 2 is 2.45 bits per heavy atom. The molecule has 0 fully saturated rings. The predicted octanol–water partition coefficient (Wildman–Crippen LogP) is 1.58. The molecule has 0 saturated carbocycles. The molecular formula is C7H8ClNO2. The standard InChI is InChI=1S/C7H8ClNO2/c1-3-6(8)11-7(10)5(2)4-9/h6H,2-3H2,1H3. The van der Waals surface area contributed by atoms with Gasteiger partial charge < -0.3 is 4.74 Å². The van der Waals surface area contributed by atoms with Gasteiger partial charge in [-0.1, -0.05) is 25.1 Å². The number of alkyl halides is 1. The van der Waals surface area contributed by atoms with Crippen molar-refractivity contribution < 1.29 is 9.53 Å². The topological polar surface area (TPSA) is 50.1 Å². The Morgan fingerprint density at radius 1 is 1.91 bits per heavy atom. The van der Waals surface area contributed by atoms with E-state index < -0.39 is 11.5 Å². The molecule has 0 heterocycles. The van der Waals surface area contributed by atoms with E-state index in [-0.39, 0.29) is 5.57 Å². The number of nitriles is 1. The molecule has 4 heteroatoms. The van der Waals surface area contributed by atoms with Gasteiger partial charge in [0.2, 0.25) is 0 Å². The number of carbonyl (C=O) groups is 1. The zero-order valence-electron chi connectivity index (χ0n) is 6.13. The van der Waals surface area contributed by atoms with Crippen molar-refractivity contribution in [1.82, 2.24) is 0 Å². The first-order chi connectivity index (χ1) is 5.11. The molecule has 11 heavy (non-hydrogen) atoms. The van der Waals surface area contributed by atoms with Crippen molar-refractivity contribution in [1.29, 1.82) is 5.26 Å². The van der Waals surface area contributed by atoms with Crippen LogP contribution in [0.5, 0.6) is 0 Å². The molecule has 0 rings (SSSR count). The molecule has 0 bridgehead atoms. The number of nitrogens with zero attached hydrogens (tertiary/aromatic N) is 1. The highest BCUT2D eigenvalue weighted by molar-refractivity contribution is 6.20. The average molecular weight is 174 g/mol. The summed E-state index contributed by atoms with van der Waals surface area (Å²) in [5.41, 5.74) is -0.906. The van der Waals surface area contributed by atoms with E-state index >= 15 is 0 Å². The molecule has 1 unspecified atom stereocenters. The maximum Gasteiger partial charge on any atom is 0.349 e. The molecule has 1 atom stereocenters. The minimum Gasteiger partial charge on any atom is -0.442 e. The van der Waals surface area contributed by atoms with Crippen LogP contribution in [-0.4, -0.2) is 11.5 Å². The molecule has 0 aliphatic rings. The molecule has 0 N–H and O–H groups in total. The van der Waals surface area contributed by atoms with Gasteiger partial charge in [0.05, 0.1) is 0 Å². The van der Waals surface area contributed by atoms with Crippen molar-refractivity contribution in [3.63, 3.8) is 0 Å². The van der Waals surface area contributed by atoms with Crippen molar-refractivity contribution in [2.24, 2.45) is 0 Å². The third-order valence-electron chi connectivity index (χ3n) is 0.937. The fourth-order valence-electron chi connectivity index (χ4n) is 0.316. The second-order valence-corrected chi connectivity index (χ2v) is 2.30. The van der Waals surface area contributed by atoms with Gasteiger partial charge >= 0.3 is 5.97 Å². The summed E-state index contributed by atoms with van der Waals surface area (Å²) in [6, 6.07) is 1.57. The summed E-state index contributed by atoms with van der Waals surface area (Å²) < 4.78 is 4.56. The molecule has 0 aromatic rings. The number of rotatable bonds is 3. The van der Waals surface area contributed by atoms with Crippen LogP contribution in [0.4, 0.5) is 0 Å². The van der Waals surface area contributed by atoms with E-state index in [0.29, 0.717) is 6.42 Å². The summed E-state index contributed by atoms with van der Waals surface area (Å²) in [6.07, 6.45) is 0.506. The Balaban J connectivity index is 3.90. The van der Waals surface area contributed by atoms with Crippen LogP contribution >= 0.6 is 11.6 Å². The van der Waals surface area contributed by atoms with Crippen molar-refractivity contribution in [3.05, 3.63) is 12.2 Å². The van der Waals surface area contributed by atoms with Crippen molar-refractivity contribution in [3.8, 4) is 6.07 Å². The normalized spacial score (nSPS) is 11.4. The second-order valence-electron chi connectivity index (χ2n) is 1.81. The monoisotopic (exact) mass is 173 g/mol. The summed E-state index contributed by atoms with van der Waals surface area (Å²) in [5.74, 6) is -0.755. The smallest absolute Gasteiger partial charge is 0.349 e. The van der Waals surface area contributed by atoms with Crippen molar-refractivity contribution in [2.75, 3.05) is 0 Å². The molecule has 0 saturated heterocycles. The Labute approximate surface area is 70.2 Å². The van der Waals surface area contributed by atoms with Gasteiger partial charge in [-0.2, -0.15) is 5.26 Å². The maximum atomic E-state index is 10.7. The van der Waals surface area contributed by atoms with E-state index in [2.05, 4.69) is 11.3 Å². The average Bonchev–Trinajstić information content (AvgIpc) is 2.02. The van der Waals surface area contributed by atoms with Crippen molar-refractivity contribution >= 4 is 17.6 Å². The Kier molecular flexibility index (Phi) is 4.32. The molecule has 0 radical (unpaired) electrons. The first-order valence-corrected chi connectivity index (χ1v) is 3.49. The zero-order chi connectivity index (χ0) is 8.85. The summed E-state index contributed by atoms with van der Waals surface area (Å²) in [7, 11) is 0. The fraction of sp³-hybridized carbons (Fsp3) is 0.429. The van der Waals surface area contributed by atoms with Gasteiger partial charge in [0.15, 0.2) is 5.56 Å². The van der Waals surface area contributed by atoms with Gasteiger partial charge in [0.1, 0.15) is 11.6 Å². The minimum atomic E-state index is -0.755. The molecule has 0 aliphatic heterocycles. The van der Waals surface area contributed by atoms with Gasteiger partial charge in [0, 0.05) is 0 Å². The quantitative estimate of drug-likeness (QED) is 0.282. The van der Waals surface area contributed by atoms with E-state index in [9.17, 15) is 4.79 Å². The molecule has 0 aromatic heterocycles. The van der Waals surface area contributed by atoms with Crippen LogP contribution < -0.4 is 0 Å². The highest BCUT2D eigenvalue weighted by Crippen LogP contribution is 2.05. The second kappa shape index (κ2) is 4.75. The molecule has 0 spiro atoms. The van der Waals surface area contributed by atoms with Crippen LogP contribution in [0, 0.1) is 11.3 Å². The first-order valence-electron chi connectivity index (χ1n) is 3.05. The largest absolute Gasteiger partial charge is 0.442 e. The number of ether oxygens (including phenoxy) is 1. The van der Waals surface area contributed by atoms with E-state index in [1.807, 2.05) is 0 Å². The van der Waals surface area contributed by atoms with Gasteiger partial charge in [-0.25, -0.2) is 4.79 Å². The lowest BCUT2D eigenvalue weighted by Gasteiger charge is -2.06. The van der Waals surface area contributed by atoms with Crippen LogP contribution in [-0.2, 0) is 9.53 Å². The SMILES string of the molecule is C=C(C#N)C(=O)OC(Cl)CC. The van der Waals surface area contributed by atoms with Crippen LogP contribution in [0.25, 0.3) is 0 Å². The zero-order valence-corrected chi connectivity index (χ0v) is 6.89. The van der Waals surface area contributed by atoms with Gasteiger partial charge in [-0.05, 0) is 6.42 Å². The summed E-state index contributed by atoms with van der Waals surface area (Å²) >= 11 is 5.47. The fourth-order valence-corrected chi connectivity index (χ4v) is 0.397. The lowest BCUT2D eigenvalue weighted by atomic mass is 10.3. The number of hydrogen-bond donors (Lipinski definition) is 0. The first kappa shape index (κ1) is 9.99. The molecule has 0 amide bonds. The molecular weight excluding hydrogens is 166 g/mol.